The molecule has 1 atom stereocenters. The monoisotopic (exact) mass is 308 g/mol. The lowest BCUT2D eigenvalue weighted by Gasteiger charge is -2.18. The van der Waals surface area contributed by atoms with E-state index in [9.17, 15) is 4.79 Å². The molecule has 3 aromatic rings. The first kappa shape index (κ1) is 15.2. The molecule has 118 valence electrons. The Labute approximate surface area is 135 Å². The van der Waals surface area contributed by atoms with Crippen molar-refractivity contribution in [3.63, 3.8) is 0 Å². The molecule has 1 amide bonds. The Morgan fingerprint density at radius 1 is 1.13 bits per heavy atom. The predicted octanol–water partition coefficient (Wildman–Crippen LogP) is 4.05. The molecule has 4 nitrogen and oxygen atoms in total. The molecule has 2 N–H and O–H groups in total. The van der Waals surface area contributed by atoms with Crippen molar-refractivity contribution < 1.29 is 9.53 Å². The Hall–Kier alpha value is -2.75. The van der Waals surface area contributed by atoms with E-state index in [0.717, 1.165) is 11.9 Å². The Balaban J connectivity index is 1.86. The number of carbonyl (C=O) groups excluding carboxylic acids is 1. The summed E-state index contributed by atoms with van der Waals surface area (Å²) >= 11 is 0. The highest BCUT2D eigenvalue weighted by molar-refractivity contribution is 5.80. The van der Waals surface area contributed by atoms with Gasteiger partial charge in [0.15, 0.2) is 0 Å². The van der Waals surface area contributed by atoms with Gasteiger partial charge in [0.2, 0.25) is 0 Å². The largest absolute Gasteiger partial charge is 0.453 e. The van der Waals surface area contributed by atoms with Crippen LogP contribution in [0.4, 0.5) is 4.79 Å². The third-order valence-corrected chi connectivity index (χ3v) is 4.07. The zero-order valence-corrected chi connectivity index (χ0v) is 13.1. The van der Waals surface area contributed by atoms with Gasteiger partial charge in [0.05, 0.1) is 7.11 Å². The Bertz CT molecular complexity index is 780. The number of carbonyl (C=O) groups is 1. The van der Waals surface area contributed by atoms with Gasteiger partial charge in [-0.2, -0.15) is 0 Å². The quantitative estimate of drug-likeness (QED) is 0.747. The molecule has 0 aliphatic rings. The number of aromatic amines is 1. The third-order valence-electron chi connectivity index (χ3n) is 4.07. The number of methoxy groups -OCH3 is 1. The van der Waals surface area contributed by atoms with Crippen molar-refractivity contribution in [2.24, 2.45) is 0 Å². The maximum absolute atomic E-state index is 11.3. The zero-order chi connectivity index (χ0) is 16.1. The lowest BCUT2D eigenvalue weighted by molar-refractivity contribution is 0.171. The van der Waals surface area contributed by atoms with Crippen LogP contribution in [0.15, 0.2) is 60.8 Å². The number of alkyl carbamates (subject to hydrolysis) is 1. The number of aromatic nitrogens is 1. The average molecular weight is 308 g/mol. The molecule has 23 heavy (non-hydrogen) atoms. The minimum atomic E-state index is -0.392. The number of hydrogen-bond acceptors (Lipinski definition) is 2. The maximum atomic E-state index is 11.3. The fourth-order valence-corrected chi connectivity index (χ4v) is 2.88. The lowest BCUT2D eigenvalue weighted by Crippen LogP contribution is -2.25. The van der Waals surface area contributed by atoms with Gasteiger partial charge in [0, 0.05) is 24.2 Å². The van der Waals surface area contributed by atoms with Crippen LogP contribution in [0.1, 0.15) is 23.5 Å². The normalized spacial score (nSPS) is 12.0. The molecule has 1 heterocycles. The second-order valence-electron chi connectivity index (χ2n) is 5.49. The molecule has 0 saturated carbocycles. The van der Waals surface area contributed by atoms with E-state index in [1.807, 2.05) is 24.4 Å². The number of hydrogen-bond donors (Lipinski definition) is 2. The second kappa shape index (κ2) is 7.01. The minimum Gasteiger partial charge on any atom is -0.453 e. The molecular formula is C19H20N2O2. The summed E-state index contributed by atoms with van der Waals surface area (Å²) in [5.74, 6) is 0.223. The van der Waals surface area contributed by atoms with Crippen LogP contribution in [-0.2, 0) is 4.74 Å². The van der Waals surface area contributed by atoms with E-state index in [1.54, 1.807) is 0 Å². The number of rotatable bonds is 5. The fourth-order valence-electron chi connectivity index (χ4n) is 2.88. The highest BCUT2D eigenvalue weighted by Crippen LogP contribution is 2.29. The molecule has 0 bridgehead atoms. The van der Waals surface area contributed by atoms with Gasteiger partial charge < -0.3 is 15.0 Å². The lowest BCUT2D eigenvalue weighted by atomic mass is 9.88. The van der Waals surface area contributed by atoms with Gasteiger partial charge in [-0.25, -0.2) is 4.79 Å². The van der Waals surface area contributed by atoms with Crippen molar-refractivity contribution >= 4 is 17.0 Å². The molecule has 3 rings (SSSR count). The van der Waals surface area contributed by atoms with Crippen LogP contribution in [0.5, 0.6) is 0 Å². The van der Waals surface area contributed by atoms with Crippen molar-refractivity contribution in [3.05, 3.63) is 71.9 Å². The first-order valence-electron chi connectivity index (χ1n) is 7.72. The predicted molar refractivity (Wildman–Crippen MR) is 91.6 cm³/mol. The Morgan fingerprint density at radius 3 is 2.74 bits per heavy atom. The van der Waals surface area contributed by atoms with Crippen molar-refractivity contribution in [1.29, 1.82) is 0 Å². The van der Waals surface area contributed by atoms with Gasteiger partial charge in [-0.05, 0) is 35.1 Å². The van der Waals surface area contributed by atoms with Gasteiger partial charge in [-0.15, -0.1) is 0 Å². The van der Waals surface area contributed by atoms with E-state index in [1.165, 1.54) is 23.6 Å². The van der Waals surface area contributed by atoms with Crippen molar-refractivity contribution in [2.75, 3.05) is 13.7 Å². The van der Waals surface area contributed by atoms with Gasteiger partial charge in [0.25, 0.3) is 0 Å². The summed E-state index contributed by atoms with van der Waals surface area (Å²) in [4.78, 5) is 14.5. The van der Waals surface area contributed by atoms with Crippen molar-refractivity contribution in [2.45, 2.75) is 12.3 Å². The number of H-pyrrole nitrogens is 1. The minimum absolute atomic E-state index is 0.223. The standard InChI is InChI=1S/C19H20N2O2/c1-23-19(22)21-12-10-17(14-5-3-2-4-6-14)16-8-7-15-9-11-20-18(15)13-16/h2-9,11,13,17,20H,10,12H2,1H3,(H,21,22). The highest BCUT2D eigenvalue weighted by Gasteiger charge is 2.15. The molecule has 0 aliphatic heterocycles. The van der Waals surface area contributed by atoms with E-state index >= 15 is 0 Å². The molecule has 4 heteroatoms. The van der Waals surface area contributed by atoms with E-state index in [-0.39, 0.29) is 5.92 Å². The molecule has 2 aromatic carbocycles. The van der Waals surface area contributed by atoms with E-state index in [2.05, 4.69) is 51.4 Å². The van der Waals surface area contributed by atoms with Crippen molar-refractivity contribution in [1.82, 2.24) is 10.3 Å². The van der Waals surface area contributed by atoms with Crippen LogP contribution >= 0.6 is 0 Å². The van der Waals surface area contributed by atoms with E-state index in [4.69, 9.17) is 0 Å². The molecule has 0 radical (unpaired) electrons. The maximum Gasteiger partial charge on any atom is 0.406 e. The van der Waals surface area contributed by atoms with Crippen LogP contribution in [0, 0.1) is 0 Å². The van der Waals surface area contributed by atoms with Crippen LogP contribution < -0.4 is 5.32 Å². The molecule has 0 fully saturated rings. The molecular weight excluding hydrogens is 288 g/mol. The topological polar surface area (TPSA) is 54.1 Å². The van der Waals surface area contributed by atoms with E-state index in [0.29, 0.717) is 6.54 Å². The summed E-state index contributed by atoms with van der Waals surface area (Å²) in [6.45, 7) is 0.564. The Morgan fingerprint density at radius 2 is 1.96 bits per heavy atom. The second-order valence-corrected chi connectivity index (χ2v) is 5.49. The summed E-state index contributed by atoms with van der Waals surface area (Å²) < 4.78 is 4.64. The smallest absolute Gasteiger partial charge is 0.406 e. The number of ether oxygens (including phenoxy) is 1. The number of benzene rings is 2. The fraction of sp³-hybridized carbons (Fsp3) is 0.211. The van der Waals surface area contributed by atoms with Gasteiger partial charge in [-0.3, -0.25) is 0 Å². The summed E-state index contributed by atoms with van der Waals surface area (Å²) in [6.07, 6.45) is 2.37. The summed E-state index contributed by atoms with van der Waals surface area (Å²) in [7, 11) is 1.38. The SMILES string of the molecule is COC(=O)NCCC(c1ccccc1)c1ccc2cc[nH]c2c1. The van der Waals surface area contributed by atoms with Crippen molar-refractivity contribution in [3.8, 4) is 0 Å². The first-order valence-corrected chi connectivity index (χ1v) is 7.72. The zero-order valence-electron chi connectivity index (χ0n) is 13.1. The average Bonchev–Trinajstić information content (AvgIpc) is 3.07. The van der Waals surface area contributed by atoms with Crippen LogP contribution in [0.25, 0.3) is 10.9 Å². The molecule has 0 aliphatic carbocycles. The van der Waals surface area contributed by atoms with E-state index < -0.39 is 6.09 Å². The molecule has 1 unspecified atom stereocenters. The van der Waals surface area contributed by atoms with Crippen LogP contribution in [-0.4, -0.2) is 24.7 Å². The number of amides is 1. The summed E-state index contributed by atoms with van der Waals surface area (Å²) in [6, 6.07) is 18.9. The number of fused-ring (bicyclic) bond motifs is 1. The van der Waals surface area contributed by atoms with Gasteiger partial charge >= 0.3 is 6.09 Å². The molecule has 0 saturated heterocycles. The van der Waals surface area contributed by atoms with Crippen LogP contribution in [0.2, 0.25) is 0 Å². The number of nitrogens with one attached hydrogen (secondary N) is 2. The van der Waals surface area contributed by atoms with Gasteiger partial charge in [0.1, 0.15) is 0 Å². The van der Waals surface area contributed by atoms with Crippen LogP contribution in [0.3, 0.4) is 0 Å². The summed E-state index contributed by atoms with van der Waals surface area (Å²) in [5, 5.41) is 3.97. The van der Waals surface area contributed by atoms with Gasteiger partial charge in [-0.1, -0.05) is 42.5 Å². The first-order chi connectivity index (χ1) is 11.3. The molecule has 0 spiro atoms. The summed E-state index contributed by atoms with van der Waals surface area (Å²) in [5.41, 5.74) is 3.60. The Kier molecular flexibility index (Phi) is 4.62. The molecule has 1 aromatic heterocycles. The third kappa shape index (κ3) is 3.54. The highest BCUT2D eigenvalue weighted by atomic mass is 16.5.